The van der Waals surface area contributed by atoms with Crippen LogP contribution in [0.4, 0.5) is 13.2 Å². The molecule has 4 N–H and O–H groups in total. The van der Waals surface area contributed by atoms with Crippen LogP contribution in [0.2, 0.25) is 0 Å². The molecule has 2 aromatic heterocycles. The van der Waals surface area contributed by atoms with Gasteiger partial charge in [0, 0.05) is 22.1 Å². The molecule has 1 aliphatic heterocycles. The van der Waals surface area contributed by atoms with Gasteiger partial charge in [0.1, 0.15) is 23.7 Å². The van der Waals surface area contributed by atoms with Crippen LogP contribution in [0.3, 0.4) is 0 Å². The van der Waals surface area contributed by atoms with Gasteiger partial charge in [-0.1, -0.05) is 10.4 Å². The molecule has 0 bridgehead atoms. The lowest BCUT2D eigenvalue weighted by atomic mass is 10.00. The summed E-state index contributed by atoms with van der Waals surface area (Å²) in [5.41, 5.74) is -0.185. The van der Waals surface area contributed by atoms with Crippen LogP contribution in [-0.4, -0.2) is 76.0 Å². The fraction of sp³-hybridized carbons (Fsp3) is 0.500. The zero-order valence-electron chi connectivity index (χ0n) is 19.2. The van der Waals surface area contributed by atoms with Crippen LogP contribution in [0.1, 0.15) is 36.4 Å². The maximum atomic E-state index is 13.7. The first-order valence-electron chi connectivity index (χ1n) is 10.9. The van der Waals surface area contributed by atoms with Gasteiger partial charge < -0.3 is 24.9 Å². The monoisotopic (exact) mass is 516 g/mol. The normalized spacial score (nSPS) is 27.2. The molecule has 35 heavy (non-hydrogen) atoms. The molecule has 13 heteroatoms. The number of aliphatic hydroxyl groups is 4. The van der Waals surface area contributed by atoms with Gasteiger partial charge in [-0.05, 0) is 32.9 Å². The number of aryl methyl sites for hydroxylation is 1. The molecule has 0 aliphatic carbocycles. The Morgan fingerprint density at radius 3 is 2.43 bits per heavy atom. The van der Waals surface area contributed by atoms with E-state index in [0.717, 1.165) is 12.1 Å². The molecule has 192 valence electrons. The third-order valence-corrected chi connectivity index (χ3v) is 9.95. The van der Waals surface area contributed by atoms with E-state index >= 15 is 0 Å². The van der Waals surface area contributed by atoms with Gasteiger partial charge in [-0.15, -0.1) is 5.10 Å². The van der Waals surface area contributed by atoms with E-state index in [0.29, 0.717) is 11.3 Å². The van der Waals surface area contributed by atoms with E-state index in [9.17, 15) is 33.6 Å². The molecule has 1 aliphatic rings. The van der Waals surface area contributed by atoms with Crippen LogP contribution in [0.5, 0.6) is 0 Å². The Hall–Kier alpha value is -2.45. The molecule has 9 nitrogen and oxygen atoms in total. The Labute approximate surface area is 201 Å². The van der Waals surface area contributed by atoms with E-state index in [1.807, 2.05) is 0 Å². The maximum Gasteiger partial charge on any atom is 0.194 e. The van der Waals surface area contributed by atoms with E-state index in [-0.39, 0.29) is 17.0 Å². The minimum atomic E-state index is -1.61. The van der Waals surface area contributed by atoms with Gasteiger partial charge in [-0.3, -0.25) is 0 Å². The maximum absolute atomic E-state index is 13.7. The summed E-state index contributed by atoms with van der Waals surface area (Å²) in [5.74, 6) is -4.27. The molecule has 4 rings (SSSR count). The molecule has 1 saturated heterocycles. The van der Waals surface area contributed by atoms with Crippen LogP contribution in [-0.2, 0) is 0 Å². The third-order valence-electron chi connectivity index (χ3n) is 6.29. The zero-order chi connectivity index (χ0) is 25.7. The molecular formula is C22H27F3N4O5S. The highest BCUT2D eigenvalue weighted by Crippen LogP contribution is 2.57. The summed E-state index contributed by atoms with van der Waals surface area (Å²) < 4.78 is 46.9. The number of aromatic nitrogens is 4. The lowest BCUT2D eigenvalue weighted by Crippen LogP contribution is -2.52. The summed E-state index contributed by atoms with van der Waals surface area (Å²) in [6.07, 6.45) is 0.255. The topological polar surface area (TPSA) is 138 Å². The Morgan fingerprint density at radius 2 is 1.89 bits per heavy atom. The number of hydrogen-bond donors (Lipinski definition) is 5. The Balaban J connectivity index is 1.67. The Bertz CT molecular complexity index is 1180. The predicted molar refractivity (Wildman–Crippen MR) is 121 cm³/mol. The van der Waals surface area contributed by atoms with Crippen molar-refractivity contribution in [1.82, 2.24) is 20.2 Å². The van der Waals surface area contributed by atoms with Crippen molar-refractivity contribution in [3.8, 4) is 11.3 Å². The Morgan fingerprint density at radius 1 is 1.23 bits per heavy atom. The van der Waals surface area contributed by atoms with Crippen molar-refractivity contribution < 1.29 is 38.1 Å². The number of aliphatic hydroxyl groups excluding tert-OH is 3. The summed E-state index contributed by atoms with van der Waals surface area (Å²) in [5, 5.41) is 53.9. The minimum absolute atomic E-state index is 0.00294. The molecule has 6 atom stereocenters. The van der Waals surface area contributed by atoms with Gasteiger partial charge in [-0.25, -0.2) is 28.7 Å². The highest BCUT2D eigenvalue weighted by atomic mass is 32.2. The van der Waals surface area contributed by atoms with E-state index < -0.39 is 69.3 Å². The lowest BCUT2D eigenvalue weighted by Gasteiger charge is -2.50. The molecule has 0 saturated carbocycles. The van der Waals surface area contributed by atoms with Gasteiger partial charge in [0.15, 0.2) is 17.5 Å². The van der Waals surface area contributed by atoms with E-state index in [4.69, 9.17) is 4.52 Å². The quantitative estimate of drug-likeness (QED) is 0.247. The second kappa shape index (κ2) is 9.54. The van der Waals surface area contributed by atoms with Gasteiger partial charge in [-0.2, -0.15) is 0 Å². The number of nitrogens with zero attached hydrogens (tertiary/aromatic N) is 4. The van der Waals surface area contributed by atoms with Crippen molar-refractivity contribution >= 4 is 10.9 Å². The molecule has 1 unspecified atom stereocenters. The third kappa shape index (κ3) is 4.70. The van der Waals surface area contributed by atoms with E-state index in [1.165, 1.54) is 17.1 Å². The summed E-state index contributed by atoms with van der Waals surface area (Å²) in [6, 6.07) is 0.498. The summed E-state index contributed by atoms with van der Waals surface area (Å²) in [4.78, 5) is 0. The first-order chi connectivity index (χ1) is 16.4. The highest BCUT2D eigenvalue weighted by Gasteiger charge is 2.49. The van der Waals surface area contributed by atoms with Crippen LogP contribution in [0, 0.1) is 24.4 Å². The second-order valence-corrected chi connectivity index (χ2v) is 11.8. The van der Waals surface area contributed by atoms with Crippen LogP contribution >= 0.6 is 10.9 Å². The highest BCUT2D eigenvalue weighted by molar-refractivity contribution is 8.18. The van der Waals surface area contributed by atoms with Crippen molar-refractivity contribution in [2.75, 3.05) is 12.4 Å². The van der Waals surface area contributed by atoms with Crippen molar-refractivity contribution in [1.29, 1.82) is 0 Å². The van der Waals surface area contributed by atoms with Crippen molar-refractivity contribution in [3.05, 3.63) is 53.3 Å². The van der Waals surface area contributed by atoms with Gasteiger partial charge in [0.05, 0.1) is 35.9 Å². The molecule has 0 spiro atoms. The van der Waals surface area contributed by atoms with Crippen LogP contribution in [0.15, 0.2) is 29.1 Å². The number of hydrogen-bond acceptors (Lipinski definition) is 8. The molecule has 0 radical (unpaired) electrons. The smallest absolute Gasteiger partial charge is 0.194 e. The van der Waals surface area contributed by atoms with Crippen molar-refractivity contribution in [2.45, 2.75) is 55.1 Å². The fourth-order valence-corrected chi connectivity index (χ4v) is 8.34. The minimum Gasteiger partial charge on any atom is -0.395 e. The van der Waals surface area contributed by atoms with E-state index in [2.05, 4.69) is 15.5 Å². The molecule has 3 heterocycles. The zero-order valence-corrected chi connectivity index (χ0v) is 20.1. The summed E-state index contributed by atoms with van der Waals surface area (Å²) >= 11 is 0. The van der Waals surface area contributed by atoms with Crippen molar-refractivity contribution in [3.63, 3.8) is 0 Å². The summed E-state index contributed by atoms with van der Waals surface area (Å²) in [6.45, 7) is 4.52. The number of benzene rings is 1. The average Bonchev–Trinajstić information content (AvgIpc) is 3.41. The second-order valence-electron chi connectivity index (χ2n) is 9.27. The lowest BCUT2D eigenvalue weighted by molar-refractivity contribution is 0.00561. The molecule has 0 amide bonds. The van der Waals surface area contributed by atoms with Gasteiger partial charge in [0.25, 0.3) is 0 Å². The standard InChI is InChI=1S/C22H27F3N4O5S/c1-10-8-34-27-18(10)21(22(2,3)33)35-9-15(31)19(20(32)16(35)7-30)29-6-14(26-28-29)11-4-12(23)17(25)13(24)5-11/h4-6,8,15-16,19-21,30-33,35H,7,9H2,1-3H3/t15-,16+,19-,20-,21+/m0/s1. The first-order valence-corrected chi connectivity index (χ1v) is 12.5. The predicted octanol–water partition coefficient (Wildman–Crippen LogP) is 1.81. The Kier molecular flexibility index (Phi) is 6.99. The first kappa shape index (κ1) is 25.6. The number of thiol groups is 1. The SMILES string of the molecule is Cc1conc1[C@@H]([SH]1C[C@H](O)[C@H](n2cc(-c3cc(F)c(F)c(F)c3)nn2)[C@@H](O)[C@H]1CO)C(C)(C)O. The van der Waals surface area contributed by atoms with Crippen molar-refractivity contribution in [2.24, 2.45) is 0 Å². The fourth-order valence-electron chi connectivity index (χ4n) is 4.67. The number of halogens is 3. The van der Waals surface area contributed by atoms with Crippen LogP contribution in [0.25, 0.3) is 11.3 Å². The largest absolute Gasteiger partial charge is 0.395 e. The number of rotatable bonds is 6. The average molecular weight is 517 g/mol. The van der Waals surface area contributed by atoms with E-state index in [1.54, 1.807) is 20.8 Å². The molecule has 3 aromatic rings. The summed E-state index contributed by atoms with van der Waals surface area (Å²) in [7, 11) is -1.42. The molecular weight excluding hydrogens is 489 g/mol. The van der Waals surface area contributed by atoms with Crippen LogP contribution < -0.4 is 0 Å². The molecule has 1 aromatic carbocycles. The van der Waals surface area contributed by atoms with Gasteiger partial charge >= 0.3 is 0 Å². The van der Waals surface area contributed by atoms with Gasteiger partial charge in [0.2, 0.25) is 0 Å². The molecule has 1 fully saturated rings.